The van der Waals surface area contributed by atoms with Crippen LogP contribution in [-0.2, 0) is 6.18 Å². The molecule has 1 rings (SSSR count). The van der Waals surface area contributed by atoms with Gasteiger partial charge in [0.15, 0.2) is 0 Å². The van der Waals surface area contributed by atoms with Gasteiger partial charge in [0.25, 0.3) is 0 Å². The van der Waals surface area contributed by atoms with Gasteiger partial charge in [0.05, 0.1) is 17.8 Å². The Kier molecular flexibility index (Phi) is 6.45. The summed E-state index contributed by atoms with van der Waals surface area (Å²) in [6, 6.07) is 4.46. The van der Waals surface area contributed by atoms with Gasteiger partial charge in [-0.2, -0.15) is 13.2 Å². The maximum atomic E-state index is 12.4. The third-order valence-electron chi connectivity index (χ3n) is 3.09. The Balaban J connectivity index is 2.42. The van der Waals surface area contributed by atoms with Crippen molar-refractivity contribution in [3.63, 3.8) is 0 Å². The fraction of sp³-hybridized carbons (Fsp3) is 0.571. The number of alkyl halides is 3. The second kappa shape index (κ2) is 7.61. The van der Waals surface area contributed by atoms with E-state index in [-0.39, 0.29) is 12.6 Å². The molecule has 1 aromatic carbocycles. The zero-order chi connectivity index (χ0) is 15.2. The predicted octanol–water partition coefficient (Wildman–Crippen LogP) is 2.49. The molecule has 0 radical (unpaired) electrons. The van der Waals surface area contributed by atoms with Crippen LogP contribution >= 0.6 is 0 Å². The molecule has 0 bridgehead atoms. The zero-order valence-corrected chi connectivity index (χ0v) is 11.3. The van der Waals surface area contributed by atoms with E-state index in [1.807, 2.05) is 6.92 Å². The Hall–Kier alpha value is -1.11. The third kappa shape index (κ3) is 5.48. The van der Waals surface area contributed by atoms with Gasteiger partial charge in [-0.3, -0.25) is 0 Å². The molecule has 0 amide bonds. The molecule has 3 nitrogen and oxygen atoms in total. The van der Waals surface area contributed by atoms with Crippen molar-refractivity contribution in [2.75, 3.05) is 13.1 Å². The number of aliphatic hydroxyl groups excluding tert-OH is 2. The van der Waals surface area contributed by atoms with Crippen LogP contribution < -0.4 is 5.32 Å². The van der Waals surface area contributed by atoms with Crippen molar-refractivity contribution < 1.29 is 23.4 Å². The lowest BCUT2D eigenvalue weighted by atomic mass is 10.1. The molecule has 0 saturated heterocycles. The minimum Gasteiger partial charge on any atom is -0.393 e. The lowest BCUT2D eigenvalue weighted by Gasteiger charge is -2.14. The molecular formula is C14H20F3NO2. The first kappa shape index (κ1) is 16.9. The summed E-state index contributed by atoms with van der Waals surface area (Å²) < 4.78 is 37.1. The topological polar surface area (TPSA) is 52.5 Å². The van der Waals surface area contributed by atoms with Crippen molar-refractivity contribution in [3.05, 3.63) is 35.4 Å². The highest BCUT2D eigenvalue weighted by Gasteiger charge is 2.30. The number of hydrogen-bond donors (Lipinski definition) is 3. The van der Waals surface area contributed by atoms with Crippen LogP contribution in [-0.4, -0.2) is 29.4 Å². The largest absolute Gasteiger partial charge is 0.416 e. The van der Waals surface area contributed by atoms with E-state index in [1.165, 1.54) is 12.1 Å². The Morgan fingerprint density at radius 1 is 1.15 bits per heavy atom. The van der Waals surface area contributed by atoms with Gasteiger partial charge in [0.1, 0.15) is 0 Å². The van der Waals surface area contributed by atoms with Crippen LogP contribution in [0.25, 0.3) is 0 Å². The molecule has 0 fully saturated rings. The molecule has 114 valence electrons. The van der Waals surface area contributed by atoms with Crippen LogP contribution in [0.3, 0.4) is 0 Å². The fourth-order valence-electron chi connectivity index (χ4n) is 1.72. The van der Waals surface area contributed by atoms with Crippen LogP contribution in [0.5, 0.6) is 0 Å². The quantitative estimate of drug-likeness (QED) is 0.677. The van der Waals surface area contributed by atoms with Crippen LogP contribution in [0.2, 0.25) is 0 Å². The van der Waals surface area contributed by atoms with Gasteiger partial charge in [-0.25, -0.2) is 0 Å². The molecule has 0 aliphatic carbocycles. The van der Waals surface area contributed by atoms with Gasteiger partial charge in [0.2, 0.25) is 0 Å². The van der Waals surface area contributed by atoms with E-state index in [9.17, 15) is 23.4 Å². The zero-order valence-electron chi connectivity index (χ0n) is 11.3. The third-order valence-corrected chi connectivity index (χ3v) is 3.09. The fourth-order valence-corrected chi connectivity index (χ4v) is 1.72. The van der Waals surface area contributed by atoms with Crippen molar-refractivity contribution in [2.24, 2.45) is 0 Å². The van der Waals surface area contributed by atoms with Crippen LogP contribution in [0, 0.1) is 0 Å². The summed E-state index contributed by atoms with van der Waals surface area (Å²) in [4.78, 5) is 0. The van der Waals surface area contributed by atoms with Crippen molar-refractivity contribution in [3.8, 4) is 0 Å². The van der Waals surface area contributed by atoms with Gasteiger partial charge in [-0.15, -0.1) is 0 Å². The molecule has 0 aromatic heterocycles. The minimum absolute atomic E-state index is 0.238. The molecule has 0 aliphatic heterocycles. The highest BCUT2D eigenvalue weighted by molar-refractivity contribution is 5.26. The maximum Gasteiger partial charge on any atom is 0.416 e. The van der Waals surface area contributed by atoms with E-state index in [4.69, 9.17) is 0 Å². The summed E-state index contributed by atoms with van der Waals surface area (Å²) in [7, 11) is 0. The predicted molar refractivity (Wildman–Crippen MR) is 70.2 cm³/mol. The molecule has 0 spiro atoms. The van der Waals surface area contributed by atoms with Crippen molar-refractivity contribution in [1.82, 2.24) is 5.32 Å². The van der Waals surface area contributed by atoms with Gasteiger partial charge in [-0.05, 0) is 37.1 Å². The Bertz CT molecular complexity index is 392. The summed E-state index contributed by atoms with van der Waals surface area (Å²) in [6.45, 7) is 2.66. The number of aliphatic hydroxyl groups is 2. The van der Waals surface area contributed by atoms with Gasteiger partial charge >= 0.3 is 6.18 Å². The summed E-state index contributed by atoms with van der Waals surface area (Å²) >= 11 is 0. The van der Waals surface area contributed by atoms with Crippen LogP contribution in [0.1, 0.15) is 37.0 Å². The molecule has 3 N–H and O–H groups in total. The molecule has 0 heterocycles. The summed E-state index contributed by atoms with van der Waals surface area (Å²) in [6.07, 6.45) is -4.35. The van der Waals surface area contributed by atoms with Crippen LogP contribution in [0.4, 0.5) is 13.2 Å². The number of hydrogen-bond acceptors (Lipinski definition) is 3. The van der Waals surface area contributed by atoms with E-state index in [0.29, 0.717) is 24.9 Å². The molecule has 6 heteroatoms. The number of nitrogens with one attached hydrogen (secondary N) is 1. The molecule has 0 aliphatic rings. The Morgan fingerprint density at radius 3 is 2.25 bits per heavy atom. The average Bonchev–Trinajstić information content (AvgIpc) is 2.42. The van der Waals surface area contributed by atoms with E-state index in [1.54, 1.807) is 0 Å². The van der Waals surface area contributed by atoms with E-state index in [0.717, 1.165) is 12.1 Å². The van der Waals surface area contributed by atoms with Crippen molar-refractivity contribution in [2.45, 2.75) is 38.1 Å². The minimum atomic E-state index is -4.36. The normalized spacial score (nSPS) is 15.1. The Labute approximate surface area is 116 Å². The highest BCUT2D eigenvalue weighted by atomic mass is 19.4. The lowest BCUT2D eigenvalue weighted by Crippen LogP contribution is -2.25. The first-order valence-electron chi connectivity index (χ1n) is 6.58. The second-order valence-corrected chi connectivity index (χ2v) is 4.69. The van der Waals surface area contributed by atoms with E-state index in [2.05, 4.69) is 5.32 Å². The summed E-state index contributed by atoms with van der Waals surface area (Å²) in [5, 5.41) is 22.1. The van der Waals surface area contributed by atoms with Crippen molar-refractivity contribution >= 4 is 0 Å². The average molecular weight is 291 g/mol. The van der Waals surface area contributed by atoms with E-state index < -0.39 is 17.8 Å². The highest BCUT2D eigenvalue weighted by Crippen LogP contribution is 2.29. The summed E-state index contributed by atoms with van der Waals surface area (Å²) in [5.41, 5.74) is -0.297. The van der Waals surface area contributed by atoms with Gasteiger partial charge < -0.3 is 15.5 Å². The molecule has 1 aromatic rings. The first-order chi connectivity index (χ1) is 9.34. The molecular weight excluding hydrogens is 271 g/mol. The van der Waals surface area contributed by atoms with Crippen LogP contribution in [0.15, 0.2) is 24.3 Å². The summed E-state index contributed by atoms with van der Waals surface area (Å²) in [5.74, 6) is 0. The van der Waals surface area contributed by atoms with E-state index >= 15 is 0 Å². The lowest BCUT2D eigenvalue weighted by molar-refractivity contribution is -0.137. The first-order valence-corrected chi connectivity index (χ1v) is 6.58. The Morgan fingerprint density at radius 2 is 1.75 bits per heavy atom. The van der Waals surface area contributed by atoms with Crippen molar-refractivity contribution in [1.29, 1.82) is 0 Å². The smallest absolute Gasteiger partial charge is 0.393 e. The SMILES string of the molecule is CCC(O)CCNCC(O)c1ccc(C(F)(F)F)cc1. The molecule has 2 unspecified atom stereocenters. The molecule has 20 heavy (non-hydrogen) atoms. The number of halogens is 3. The van der Waals surface area contributed by atoms with Gasteiger partial charge in [-0.1, -0.05) is 19.1 Å². The molecule has 0 saturated carbocycles. The standard InChI is InChI=1S/C14H20F3NO2/c1-2-12(19)7-8-18-9-13(20)10-3-5-11(6-4-10)14(15,16)17/h3-6,12-13,18-20H,2,7-9H2,1H3. The second-order valence-electron chi connectivity index (χ2n) is 4.69. The molecule has 2 atom stereocenters. The maximum absolute atomic E-state index is 12.4. The monoisotopic (exact) mass is 291 g/mol. The number of rotatable bonds is 7. The van der Waals surface area contributed by atoms with Gasteiger partial charge in [0, 0.05) is 6.54 Å². The number of benzene rings is 1.